The SMILES string of the molecule is CC(C)(C)CC(N)CC(=O)Nc1cccnn1. The zero-order valence-electron chi connectivity index (χ0n) is 10.6. The number of nitrogens with two attached hydrogens (primary N) is 1. The van der Waals surface area contributed by atoms with Crippen LogP contribution >= 0.6 is 0 Å². The van der Waals surface area contributed by atoms with E-state index in [1.54, 1.807) is 18.3 Å². The molecule has 0 aliphatic heterocycles. The van der Waals surface area contributed by atoms with E-state index in [1.165, 1.54) is 0 Å². The van der Waals surface area contributed by atoms with Crippen molar-refractivity contribution >= 4 is 11.7 Å². The zero-order chi connectivity index (χ0) is 12.9. The molecule has 1 unspecified atom stereocenters. The summed E-state index contributed by atoms with van der Waals surface area (Å²) in [5.41, 5.74) is 6.05. The Hall–Kier alpha value is -1.49. The van der Waals surface area contributed by atoms with Crippen LogP contribution in [0.3, 0.4) is 0 Å². The van der Waals surface area contributed by atoms with Crippen molar-refractivity contribution < 1.29 is 4.79 Å². The Morgan fingerprint density at radius 1 is 1.53 bits per heavy atom. The van der Waals surface area contributed by atoms with Gasteiger partial charge in [-0.05, 0) is 24.0 Å². The van der Waals surface area contributed by atoms with Gasteiger partial charge in [-0.25, -0.2) is 0 Å². The molecule has 5 nitrogen and oxygen atoms in total. The van der Waals surface area contributed by atoms with Crippen LogP contribution in [0.5, 0.6) is 0 Å². The normalized spacial score (nSPS) is 13.2. The van der Waals surface area contributed by atoms with Gasteiger partial charge < -0.3 is 11.1 Å². The molecule has 1 atom stereocenters. The third kappa shape index (κ3) is 5.97. The average molecular weight is 236 g/mol. The number of aromatic nitrogens is 2. The first-order valence-corrected chi connectivity index (χ1v) is 5.70. The third-order valence-corrected chi connectivity index (χ3v) is 2.16. The Balaban J connectivity index is 2.40. The summed E-state index contributed by atoms with van der Waals surface area (Å²) in [6, 6.07) is 3.28. The lowest BCUT2D eigenvalue weighted by atomic mass is 9.87. The Morgan fingerprint density at radius 3 is 2.76 bits per heavy atom. The van der Waals surface area contributed by atoms with E-state index in [9.17, 15) is 4.79 Å². The van der Waals surface area contributed by atoms with Crippen molar-refractivity contribution in [3.8, 4) is 0 Å². The molecule has 3 N–H and O–H groups in total. The lowest BCUT2D eigenvalue weighted by Gasteiger charge is -2.22. The minimum atomic E-state index is -0.133. The fourth-order valence-corrected chi connectivity index (χ4v) is 1.66. The maximum absolute atomic E-state index is 11.6. The Bertz CT molecular complexity index is 359. The number of amides is 1. The van der Waals surface area contributed by atoms with Gasteiger partial charge in [0.05, 0.1) is 0 Å². The lowest BCUT2D eigenvalue weighted by molar-refractivity contribution is -0.116. The van der Waals surface area contributed by atoms with Gasteiger partial charge in [-0.3, -0.25) is 4.79 Å². The zero-order valence-corrected chi connectivity index (χ0v) is 10.6. The molecule has 1 heterocycles. The second kappa shape index (κ2) is 5.72. The molecule has 0 fully saturated rings. The first kappa shape index (κ1) is 13.6. The van der Waals surface area contributed by atoms with Crippen LogP contribution in [0.25, 0.3) is 0 Å². The van der Waals surface area contributed by atoms with Gasteiger partial charge in [0.2, 0.25) is 5.91 Å². The minimum absolute atomic E-state index is 0.123. The topological polar surface area (TPSA) is 80.9 Å². The van der Waals surface area contributed by atoms with E-state index >= 15 is 0 Å². The second-order valence-corrected chi connectivity index (χ2v) is 5.39. The van der Waals surface area contributed by atoms with Crippen molar-refractivity contribution in [1.29, 1.82) is 0 Å². The van der Waals surface area contributed by atoms with Crippen LogP contribution in [0.15, 0.2) is 18.3 Å². The molecule has 17 heavy (non-hydrogen) atoms. The van der Waals surface area contributed by atoms with E-state index in [1.807, 2.05) is 0 Å². The molecule has 5 heteroatoms. The number of hydrogen-bond acceptors (Lipinski definition) is 4. The van der Waals surface area contributed by atoms with Gasteiger partial charge in [0.25, 0.3) is 0 Å². The van der Waals surface area contributed by atoms with E-state index in [2.05, 4.69) is 36.3 Å². The standard InChI is InChI=1S/C12H20N4O/c1-12(2,3)8-9(13)7-11(17)15-10-5-4-6-14-16-10/h4-6,9H,7-8,13H2,1-3H3,(H,15,16,17). The van der Waals surface area contributed by atoms with Gasteiger partial charge in [-0.15, -0.1) is 5.10 Å². The summed E-state index contributed by atoms with van der Waals surface area (Å²) in [5, 5.41) is 10.1. The molecule has 0 bridgehead atoms. The van der Waals surface area contributed by atoms with Crippen LogP contribution in [0, 0.1) is 5.41 Å². The quantitative estimate of drug-likeness (QED) is 0.831. The summed E-state index contributed by atoms with van der Waals surface area (Å²) < 4.78 is 0. The monoisotopic (exact) mass is 236 g/mol. The van der Waals surface area contributed by atoms with E-state index in [-0.39, 0.29) is 17.4 Å². The Kier molecular flexibility index (Phi) is 4.57. The predicted molar refractivity (Wildman–Crippen MR) is 67.3 cm³/mol. The fourth-order valence-electron chi connectivity index (χ4n) is 1.66. The number of carbonyl (C=O) groups excluding carboxylic acids is 1. The summed E-state index contributed by atoms with van der Waals surface area (Å²) in [7, 11) is 0. The van der Waals surface area contributed by atoms with Gasteiger partial charge in [0, 0.05) is 18.7 Å². The van der Waals surface area contributed by atoms with Crippen LogP contribution in [0.2, 0.25) is 0 Å². The largest absolute Gasteiger partial charge is 0.327 e. The molecule has 1 aromatic heterocycles. The number of carbonyl (C=O) groups is 1. The van der Waals surface area contributed by atoms with Gasteiger partial charge >= 0.3 is 0 Å². The van der Waals surface area contributed by atoms with Crippen molar-refractivity contribution in [2.75, 3.05) is 5.32 Å². The molecular formula is C12H20N4O. The van der Waals surface area contributed by atoms with Crippen molar-refractivity contribution in [3.63, 3.8) is 0 Å². The van der Waals surface area contributed by atoms with Crippen LogP contribution in [-0.4, -0.2) is 22.1 Å². The molecule has 0 aliphatic rings. The molecule has 0 spiro atoms. The van der Waals surface area contributed by atoms with Gasteiger partial charge in [-0.2, -0.15) is 5.10 Å². The average Bonchev–Trinajstić information content (AvgIpc) is 2.15. The molecule has 1 aromatic rings. The first-order valence-electron chi connectivity index (χ1n) is 5.70. The van der Waals surface area contributed by atoms with Gasteiger partial charge in [0.1, 0.15) is 0 Å². The van der Waals surface area contributed by atoms with Crippen molar-refractivity contribution in [3.05, 3.63) is 18.3 Å². The first-order chi connectivity index (χ1) is 7.87. The van der Waals surface area contributed by atoms with Crippen LogP contribution < -0.4 is 11.1 Å². The van der Waals surface area contributed by atoms with Crippen LogP contribution in [0.1, 0.15) is 33.6 Å². The molecule has 0 saturated carbocycles. The number of anilines is 1. The Morgan fingerprint density at radius 2 is 2.24 bits per heavy atom. The highest BCUT2D eigenvalue weighted by molar-refractivity contribution is 5.89. The van der Waals surface area contributed by atoms with Crippen molar-refractivity contribution in [1.82, 2.24) is 10.2 Å². The maximum Gasteiger partial charge on any atom is 0.227 e. The Labute approximate surface area is 102 Å². The van der Waals surface area contributed by atoms with E-state index in [4.69, 9.17) is 5.73 Å². The van der Waals surface area contributed by atoms with Crippen molar-refractivity contribution in [2.45, 2.75) is 39.7 Å². The minimum Gasteiger partial charge on any atom is -0.327 e. The van der Waals surface area contributed by atoms with E-state index in [0.29, 0.717) is 12.2 Å². The van der Waals surface area contributed by atoms with Crippen molar-refractivity contribution in [2.24, 2.45) is 11.1 Å². The van der Waals surface area contributed by atoms with E-state index < -0.39 is 0 Å². The van der Waals surface area contributed by atoms with Crippen LogP contribution in [0.4, 0.5) is 5.82 Å². The number of nitrogens with one attached hydrogen (secondary N) is 1. The summed E-state index contributed by atoms with van der Waals surface area (Å²) in [4.78, 5) is 11.6. The van der Waals surface area contributed by atoms with E-state index in [0.717, 1.165) is 6.42 Å². The smallest absolute Gasteiger partial charge is 0.227 e. The molecular weight excluding hydrogens is 216 g/mol. The third-order valence-electron chi connectivity index (χ3n) is 2.16. The second-order valence-electron chi connectivity index (χ2n) is 5.39. The molecule has 1 rings (SSSR count). The molecule has 94 valence electrons. The van der Waals surface area contributed by atoms with Crippen LogP contribution in [-0.2, 0) is 4.79 Å². The summed E-state index contributed by atoms with van der Waals surface area (Å²) in [5.74, 6) is 0.336. The summed E-state index contributed by atoms with van der Waals surface area (Å²) in [6.45, 7) is 6.31. The molecule has 0 saturated heterocycles. The van der Waals surface area contributed by atoms with Gasteiger partial charge in [-0.1, -0.05) is 20.8 Å². The maximum atomic E-state index is 11.6. The highest BCUT2D eigenvalue weighted by Gasteiger charge is 2.18. The number of hydrogen-bond donors (Lipinski definition) is 2. The summed E-state index contributed by atoms with van der Waals surface area (Å²) in [6.07, 6.45) is 2.66. The lowest BCUT2D eigenvalue weighted by Crippen LogP contribution is -2.31. The highest BCUT2D eigenvalue weighted by atomic mass is 16.1. The molecule has 0 radical (unpaired) electrons. The molecule has 0 aromatic carbocycles. The highest BCUT2D eigenvalue weighted by Crippen LogP contribution is 2.21. The fraction of sp³-hybridized carbons (Fsp3) is 0.583. The predicted octanol–water partition coefficient (Wildman–Crippen LogP) is 1.57. The van der Waals surface area contributed by atoms with Gasteiger partial charge in [0.15, 0.2) is 5.82 Å². The summed E-state index contributed by atoms with van der Waals surface area (Å²) >= 11 is 0. The number of rotatable bonds is 4. The number of nitrogens with zero attached hydrogens (tertiary/aromatic N) is 2. The molecule has 0 aliphatic carbocycles. The molecule has 1 amide bonds.